The maximum Gasteiger partial charge on any atom is 0.309 e. The van der Waals surface area contributed by atoms with E-state index in [0.717, 1.165) is 27.4 Å². The lowest BCUT2D eigenvalue weighted by atomic mass is 9.81. The van der Waals surface area contributed by atoms with Crippen molar-refractivity contribution in [3.05, 3.63) is 115 Å². The van der Waals surface area contributed by atoms with Crippen LogP contribution in [0, 0.1) is 0 Å². The molecule has 7 rings (SSSR count). The standard InChI is InChI=1S/C38H33BO3/c1-37(2,40)38(3,4)42-39-29-17-19-31-28(22-29)14-13-26-21-27(15-18-30(26)31)32-11-8-12-35-36(32)33-23-25(16-20-34(33)41-35)24-9-6-5-7-10-24/h5-23,39-40H,1-4H3. The quantitative estimate of drug-likeness (QED) is 0.167. The summed E-state index contributed by atoms with van der Waals surface area (Å²) in [5.41, 5.74) is 5.99. The summed E-state index contributed by atoms with van der Waals surface area (Å²) >= 11 is 0. The lowest BCUT2D eigenvalue weighted by molar-refractivity contribution is -0.0893. The monoisotopic (exact) mass is 548 g/mol. The number of benzene rings is 6. The molecule has 206 valence electrons. The molecule has 0 saturated carbocycles. The SMILES string of the molecule is CC(C)(O)C(C)(C)OBc1ccc2c(ccc3cc(-c4cccc5oc6ccc(-c7ccccc7)cc6c45)ccc32)c1. The highest BCUT2D eigenvalue weighted by Crippen LogP contribution is 2.39. The molecule has 0 unspecified atom stereocenters. The van der Waals surface area contributed by atoms with Crippen molar-refractivity contribution in [3.8, 4) is 22.3 Å². The Labute approximate surface area is 246 Å². The Morgan fingerprint density at radius 1 is 0.595 bits per heavy atom. The Morgan fingerprint density at radius 2 is 1.31 bits per heavy atom. The molecule has 1 N–H and O–H groups in total. The summed E-state index contributed by atoms with van der Waals surface area (Å²) in [6.45, 7) is 7.42. The highest BCUT2D eigenvalue weighted by atomic mass is 16.5. The molecular formula is C38H33BO3. The molecule has 0 spiro atoms. The van der Waals surface area contributed by atoms with Gasteiger partial charge in [-0.1, -0.05) is 96.5 Å². The first-order valence-corrected chi connectivity index (χ1v) is 14.5. The van der Waals surface area contributed by atoms with Crippen LogP contribution in [0.4, 0.5) is 0 Å². The van der Waals surface area contributed by atoms with E-state index in [9.17, 15) is 5.11 Å². The van der Waals surface area contributed by atoms with Crippen molar-refractivity contribution in [2.45, 2.75) is 38.9 Å². The number of furan rings is 1. The lowest BCUT2D eigenvalue weighted by Gasteiger charge is -2.37. The van der Waals surface area contributed by atoms with E-state index in [1.165, 1.54) is 43.8 Å². The molecule has 3 nitrogen and oxygen atoms in total. The zero-order valence-corrected chi connectivity index (χ0v) is 24.4. The van der Waals surface area contributed by atoms with E-state index in [2.05, 4.69) is 109 Å². The topological polar surface area (TPSA) is 42.6 Å². The van der Waals surface area contributed by atoms with Gasteiger partial charge in [-0.05, 0) is 95.8 Å². The fourth-order valence-electron chi connectivity index (χ4n) is 5.70. The molecule has 6 aromatic carbocycles. The Morgan fingerprint density at radius 3 is 2.07 bits per heavy atom. The van der Waals surface area contributed by atoms with Gasteiger partial charge >= 0.3 is 7.48 Å². The van der Waals surface area contributed by atoms with Gasteiger partial charge in [-0.2, -0.15) is 0 Å². The third kappa shape index (κ3) is 4.57. The predicted molar refractivity (Wildman–Crippen MR) is 178 cm³/mol. The van der Waals surface area contributed by atoms with E-state index < -0.39 is 11.2 Å². The van der Waals surface area contributed by atoms with Crippen molar-refractivity contribution in [3.63, 3.8) is 0 Å². The average molecular weight is 548 g/mol. The van der Waals surface area contributed by atoms with Gasteiger partial charge in [-0.15, -0.1) is 0 Å². The Bertz CT molecular complexity index is 2100. The fraction of sp³-hybridized carbons (Fsp3) is 0.158. The highest BCUT2D eigenvalue weighted by molar-refractivity contribution is 6.47. The number of hydrogen-bond acceptors (Lipinski definition) is 3. The van der Waals surface area contributed by atoms with Crippen LogP contribution in [0.3, 0.4) is 0 Å². The van der Waals surface area contributed by atoms with Crippen molar-refractivity contribution >= 4 is 56.4 Å². The van der Waals surface area contributed by atoms with E-state index in [1.807, 2.05) is 19.9 Å². The lowest BCUT2D eigenvalue weighted by Crippen LogP contribution is -2.49. The molecule has 0 radical (unpaired) electrons. The number of fused-ring (bicyclic) bond motifs is 6. The van der Waals surface area contributed by atoms with Crippen LogP contribution in [0.15, 0.2) is 120 Å². The van der Waals surface area contributed by atoms with Gasteiger partial charge in [-0.3, -0.25) is 0 Å². The van der Waals surface area contributed by atoms with Crippen molar-refractivity contribution in [1.29, 1.82) is 0 Å². The molecule has 1 aromatic heterocycles. The number of rotatable bonds is 6. The maximum atomic E-state index is 10.4. The van der Waals surface area contributed by atoms with Gasteiger partial charge in [0.15, 0.2) is 0 Å². The smallest absolute Gasteiger partial charge is 0.309 e. The first kappa shape index (κ1) is 26.5. The summed E-state index contributed by atoms with van der Waals surface area (Å²) in [6, 6.07) is 40.9. The van der Waals surface area contributed by atoms with Crippen molar-refractivity contribution in [1.82, 2.24) is 0 Å². The van der Waals surface area contributed by atoms with Gasteiger partial charge in [0.1, 0.15) is 11.2 Å². The van der Waals surface area contributed by atoms with Gasteiger partial charge in [0.25, 0.3) is 0 Å². The summed E-state index contributed by atoms with van der Waals surface area (Å²) in [4.78, 5) is 0. The van der Waals surface area contributed by atoms with Gasteiger partial charge in [0, 0.05) is 10.8 Å². The minimum absolute atomic E-state index is 0.443. The second kappa shape index (κ2) is 9.87. The molecule has 0 fully saturated rings. The van der Waals surface area contributed by atoms with E-state index in [-0.39, 0.29) is 0 Å². The average Bonchev–Trinajstić information content (AvgIpc) is 3.37. The van der Waals surface area contributed by atoms with Crippen LogP contribution < -0.4 is 5.46 Å². The molecule has 42 heavy (non-hydrogen) atoms. The molecular weight excluding hydrogens is 515 g/mol. The Balaban J connectivity index is 1.28. The van der Waals surface area contributed by atoms with E-state index in [0.29, 0.717) is 7.48 Å². The highest BCUT2D eigenvalue weighted by Gasteiger charge is 2.35. The third-order valence-corrected chi connectivity index (χ3v) is 8.89. The van der Waals surface area contributed by atoms with Crippen LogP contribution in [0.25, 0.3) is 65.7 Å². The van der Waals surface area contributed by atoms with Crippen LogP contribution in [0.2, 0.25) is 0 Å². The summed E-state index contributed by atoms with van der Waals surface area (Å²) in [5.74, 6) is 0. The third-order valence-electron chi connectivity index (χ3n) is 8.89. The van der Waals surface area contributed by atoms with Crippen molar-refractivity contribution in [2.75, 3.05) is 0 Å². The van der Waals surface area contributed by atoms with Crippen LogP contribution in [-0.4, -0.2) is 23.8 Å². The Kier molecular flexibility index (Phi) is 6.23. The second-order valence-electron chi connectivity index (χ2n) is 12.3. The minimum atomic E-state index is -0.935. The van der Waals surface area contributed by atoms with Gasteiger partial charge in [-0.25, -0.2) is 0 Å². The summed E-state index contributed by atoms with van der Waals surface area (Å²) in [6.07, 6.45) is 0. The van der Waals surface area contributed by atoms with E-state index in [1.54, 1.807) is 13.8 Å². The minimum Gasteiger partial charge on any atom is -0.456 e. The molecule has 7 aromatic rings. The predicted octanol–water partition coefficient (Wildman–Crippen LogP) is 8.77. The molecule has 0 atom stereocenters. The largest absolute Gasteiger partial charge is 0.456 e. The summed E-state index contributed by atoms with van der Waals surface area (Å²) < 4.78 is 12.4. The van der Waals surface area contributed by atoms with Gasteiger partial charge in [0.05, 0.1) is 11.2 Å². The van der Waals surface area contributed by atoms with E-state index >= 15 is 0 Å². The first-order valence-electron chi connectivity index (χ1n) is 14.5. The normalized spacial score (nSPS) is 12.5. The van der Waals surface area contributed by atoms with Gasteiger partial charge < -0.3 is 14.2 Å². The van der Waals surface area contributed by atoms with Crippen molar-refractivity contribution < 1.29 is 14.2 Å². The number of hydrogen-bond donors (Lipinski definition) is 1. The van der Waals surface area contributed by atoms with Crippen LogP contribution in [0.1, 0.15) is 27.7 Å². The summed E-state index contributed by atoms with van der Waals surface area (Å²) in [5, 5.41) is 17.5. The first-order chi connectivity index (χ1) is 20.2. The molecule has 0 aliphatic rings. The maximum absolute atomic E-state index is 10.4. The number of aliphatic hydroxyl groups is 1. The van der Waals surface area contributed by atoms with E-state index in [4.69, 9.17) is 9.07 Å². The van der Waals surface area contributed by atoms with Gasteiger partial charge in [0.2, 0.25) is 0 Å². The zero-order chi connectivity index (χ0) is 29.1. The van der Waals surface area contributed by atoms with Crippen LogP contribution >= 0.6 is 0 Å². The van der Waals surface area contributed by atoms with Crippen molar-refractivity contribution in [2.24, 2.45) is 0 Å². The molecule has 0 bridgehead atoms. The molecule has 4 heteroatoms. The molecule has 0 aliphatic heterocycles. The zero-order valence-electron chi connectivity index (χ0n) is 24.4. The molecule has 0 saturated heterocycles. The molecule has 0 aliphatic carbocycles. The van der Waals surface area contributed by atoms with Crippen LogP contribution in [-0.2, 0) is 4.65 Å². The van der Waals surface area contributed by atoms with Crippen LogP contribution in [0.5, 0.6) is 0 Å². The second-order valence-corrected chi connectivity index (χ2v) is 12.3. The summed E-state index contributed by atoms with van der Waals surface area (Å²) in [7, 11) is 0.443. The molecule has 1 heterocycles. The fourth-order valence-corrected chi connectivity index (χ4v) is 5.70. The molecule has 0 amide bonds. The Hall–Kier alpha value is -4.38.